The fraction of sp³-hybridized carbons (Fsp3) is 0.600. The molecule has 1 N–H and O–H groups in total. The molecule has 0 saturated carbocycles. The maximum Gasteiger partial charge on any atom is 0.414 e. The summed E-state index contributed by atoms with van der Waals surface area (Å²) in [4.78, 5) is 4.27. The van der Waals surface area contributed by atoms with Crippen molar-refractivity contribution in [1.82, 2.24) is 9.55 Å². The number of halogens is 2. The number of rotatable bonds is 2. The van der Waals surface area contributed by atoms with Crippen LogP contribution in [0.2, 0.25) is 10.0 Å². The number of benzene rings is 1. The Kier molecular flexibility index (Phi) is 5.97. The van der Waals surface area contributed by atoms with Gasteiger partial charge in [-0.2, -0.15) is 14.8 Å². The van der Waals surface area contributed by atoms with E-state index in [-0.39, 0.29) is 10.5 Å². The third kappa shape index (κ3) is 3.80. The fourth-order valence-electron chi connectivity index (χ4n) is 4.81. The number of hydroxylamine groups is 2. The third-order valence-electron chi connectivity index (χ3n) is 6.07. The molecule has 2 rings (SSSR count). The van der Waals surface area contributed by atoms with Gasteiger partial charge in [0.1, 0.15) is 11.7 Å². The molecule has 0 aromatic heterocycles. The van der Waals surface area contributed by atoms with Crippen molar-refractivity contribution >= 4 is 34.8 Å². The lowest BCUT2D eigenvalue weighted by Crippen LogP contribution is -2.69. The minimum absolute atomic E-state index is 0.00773. The molecule has 1 aromatic carbocycles. The molecule has 8 heteroatoms. The Morgan fingerprint density at radius 1 is 1.14 bits per heavy atom. The van der Waals surface area contributed by atoms with E-state index in [1.807, 2.05) is 74.2 Å². The van der Waals surface area contributed by atoms with Crippen molar-refractivity contribution in [3.8, 4) is 6.19 Å². The first kappa shape index (κ1) is 23.1. The quantitative estimate of drug-likeness (QED) is 0.327. The summed E-state index contributed by atoms with van der Waals surface area (Å²) in [7, 11) is 7.98. The molecule has 0 bridgehead atoms. The van der Waals surface area contributed by atoms with E-state index in [0.29, 0.717) is 20.5 Å². The van der Waals surface area contributed by atoms with Crippen LogP contribution in [0.1, 0.15) is 34.1 Å². The zero-order valence-electron chi connectivity index (χ0n) is 18.0. The predicted molar refractivity (Wildman–Crippen MR) is 115 cm³/mol. The zero-order valence-corrected chi connectivity index (χ0v) is 19.5. The van der Waals surface area contributed by atoms with Crippen molar-refractivity contribution in [2.24, 2.45) is 4.99 Å². The van der Waals surface area contributed by atoms with E-state index >= 15 is 0 Å². The smallest absolute Gasteiger partial charge is 0.313 e. The van der Waals surface area contributed by atoms with Crippen molar-refractivity contribution in [2.45, 2.75) is 51.2 Å². The van der Waals surface area contributed by atoms with E-state index in [2.05, 4.69) is 4.99 Å². The summed E-state index contributed by atoms with van der Waals surface area (Å²) in [6.45, 7) is 8.08. The van der Waals surface area contributed by atoms with Gasteiger partial charge < -0.3 is 5.21 Å². The second-order valence-electron chi connectivity index (χ2n) is 9.63. The number of quaternary nitrogens is 2. The van der Waals surface area contributed by atoms with Gasteiger partial charge in [0.15, 0.2) is 0 Å². The largest absolute Gasteiger partial charge is 0.414 e. The Balaban J connectivity index is 2.62. The van der Waals surface area contributed by atoms with Gasteiger partial charge in [-0.3, -0.25) is 0 Å². The lowest BCUT2D eigenvalue weighted by Gasteiger charge is -2.44. The lowest BCUT2D eigenvalue weighted by molar-refractivity contribution is -0.837. The van der Waals surface area contributed by atoms with Crippen molar-refractivity contribution in [2.75, 3.05) is 28.2 Å². The molecule has 0 aliphatic carbocycles. The van der Waals surface area contributed by atoms with E-state index in [1.54, 1.807) is 6.07 Å². The van der Waals surface area contributed by atoms with Crippen LogP contribution >= 0.6 is 23.2 Å². The van der Waals surface area contributed by atoms with Gasteiger partial charge in [-0.1, -0.05) is 28.2 Å². The van der Waals surface area contributed by atoms with Crippen LogP contribution in [0.15, 0.2) is 23.2 Å². The highest BCUT2D eigenvalue weighted by Crippen LogP contribution is 2.44. The van der Waals surface area contributed by atoms with Gasteiger partial charge in [0.2, 0.25) is 6.19 Å². The van der Waals surface area contributed by atoms with Crippen molar-refractivity contribution in [3.05, 3.63) is 28.2 Å². The SMILES string of the molecule is CC1(C)CC([N+](C)(C)C(=NC#N)[N+](C)(C)c2cc(Cl)cc(Cl)c2)C(C)(C)N1O. The molecule has 6 nitrogen and oxygen atoms in total. The van der Waals surface area contributed by atoms with Crippen molar-refractivity contribution < 1.29 is 9.69 Å². The number of hydrogen-bond donors (Lipinski definition) is 1. The molecule has 1 atom stereocenters. The van der Waals surface area contributed by atoms with Gasteiger partial charge in [-0.25, -0.2) is 4.48 Å². The van der Waals surface area contributed by atoms with Gasteiger partial charge in [-0.05, 0) is 33.8 Å². The molecule has 1 unspecified atom stereocenters. The van der Waals surface area contributed by atoms with Crippen LogP contribution in [-0.4, -0.2) is 66.0 Å². The molecule has 0 amide bonds. The molecule has 1 heterocycles. The molecule has 1 saturated heterocycles. The van der Waals surface area contributed by atoms with Crippen LogP contribution in [0.25, 0.3) is 0 Å². The van der Waals surface area contributed by atoms with Crippen LogP contribution < -0.4 is 4.48 Å². The Labute approximate surface area is 178 Å². The van der Waals surface area contributed by atoms with Crippen LogP contribution in [0.3, 0.4) is 0 Å². The maximum atomic E-state index is 10.8. The van der Waals surface area contributed by atoms with Gasteiger partial charge in [0.25, 0.3) is 0 Å². The molecule has 0 spiro atoms. The summed E-state index contributed by atoms with van der Waals surface area (Å²) in [5, 5.41) is 22.8. The maximum absolute atomic E-state index is 10.8. The Morgan fingerprint density at radius 2 is 1.64 bits per heavy atom. The number of guanidine groups is 1. The number of likely N-dealkylation sites (N-methyl/N-ethyl adjacent to an activating group) is 1. The lowest BCUT2D eigenvalue weighted by atomic mass is 9.91. The first-order valence-corrected chi connectivity index (χ1v) is 9.95. The average Bonchev–Trinajstić information content (AvgIpc) is 2.71. The molecular weight excluding hydrogens is 397 g/mol. The molecule has 154 valence electrons. The first-order chi connectivity index (χ1) is 12.6. The highest BCUT2D eigenvalue weighted by Gasteiger charge is 2.61. The molecular formula is C20H31Cl2N5O+2. The normalized spacial score (nSPS) is 22.9. The van der Waals surface area contributed by atoms with Crippen LogP contribution in [0.4, 0.5) is 5.69 Å². The molecule has 1 aliphatic rings. The van der Waals surface area contributed by atoms with Gasteiger partial charge in [-0.15, -0.1) is 0 Å². The zero-order chi connectivity index (χ0) is 21.7. The Morgan fingerprint density at radius 3 is 2.04 bits per heavy atom. The summed E-state index contributed by atoms with van der Waals surface area (Å²) < 4.78 is 0.539. The summed E-state index contributed by atoms with van der Waals surface area (Å²) >= 11 is 12.5. The number of nitriles is 1. The first-order valence-electron chi connectivity index (χ1n) is 9.20. The van der Waals surface area contributed by atoms with Crippen molar-refractivity contribution in [1.29, 1.82) is 5.26 Å². The second-order valence-corrected chi connectivity index (χ2v) is 10.5. The summed E-state index contributed by atoms with van der Waals surface area (Å²) in [6, 6.07) is 5.34. The molecule has 1 aliphatic heterocycles. The minimum atomic E-state index is -0.519. The Hall–Kier alpha value is -1.20. The number of hydrogen-bond acceptors (Lipinski definition) is 4. The van der Waals surface area contributed by atoms with E-state index in [9.17, 15) is 10.5 Å². The summed E-state index contributed by atoms with van der Waals surface area (Å²) in [5.41, 5.74) is -0.0821. The van der Waals surface area contributed by atoms with Crippen LogP contribution in [-0.2, 0) is 0 Å². The highest BCUT2D eigenvalue weighted by molar-refractivity contribution is 6.35. The molecule has 28 heavy (non-hydrogen) atoms. The number of aliphatic imine (C=N–C) groups is 1. The van der Waals surface area contributed by atoms with E-state index in [1.165, 1.54) is 5.06 Å². The summed E-state index contributed by atoms with van der Waals surface area (Å²) in [6.07, 6.45) is 2.72. The molecule has 1 fully saturated rings. The van der Waals surface area contributed by atoms with Gasteiger partial charge in [0, 0.05) is 34.1 Å². The van der Waals surface area contributed by atoms with E-state index in [4.69, 9.17) is 23.2 Å². The van der Waals surface area contributed by atoms with Crippen LogP contribution in [0, 0.1) is 11.5 Å². The van der Waals surface area contributed by atoms with Crippen LogP contribution in [0.5, 0.6) is 0 Å². The third-order valence-corrected chi connectivity index (χ3v) is 6.50. The molecule has 0 radical (unpaired) electrons. The minimum Gasteiger partial charge on any atom is -0.313 e. The number of nitrogens with zero attached hydrogens (tertiary/aromatic N) is 5. The highest BCUT2D eigenvalue weighted by atomic mass is 35.5. The Bertz CT molecular complexity index is 819. The van der Waals surface area contributed by atoms with Gasteiger partial charge >= 0.3 is 5.96 Å². The van der Waals surface area contributed by atoms with Crippen molar-refractivity contribution in [3.63, 3.8) is 0 Å². The monoisotopic (exact) mass is 427 g/mol. The van der Waals surface area contributed by atoms with E-state index < -0.39 is 11.1 Å². The topological polar surface area (TPSA) is 59.6 Å². The average molecular weight is 428 g/mol. The van der Waals surface area contributed by atoms with E-state index in [0.717, 1.165) is 12.1 Å². The predicted octanol–water partition coefficient (Wildman–Crippen LogP) is 4.49. The van der Waals surface area contributed by atoms with Gasteiger partial charge in [0.05, 0.1) is 33.7 Å². The molecule has 1 aromatic rings. The second kappa shape index (κ2) is 7.24. The standard InChI is InChI=1S/C20H31Cl2N5O/c1-19(2)12-17(20(3,4)25(19)28)27(7,8)18(24-13-23)26(5,6)16-10-14(21)9-15(22)11-16/h9-11,17,28H,12H2,1-8H3/q+2. The summed E-state index contributed by atoms with van der Waals surface area (Å²) in [5.74, 6) is 0.630. The fourth-order valence-corrected chi connectivity index (χ4v) is 5.32.